The van der Waals surface area contributed by atoms with Gasteiger partial charge in [-0.05, 0) is 13.0 Å². The molecule has 1 unspecified atom stereocenters. The highest BCUT2D eigenvalue weighted by Gasteiger charge is 2.06. The Balaban J connectivity index is 2.85. The minimum Gasteiger partial charge on any atom is -0.477 e. The van der Waals surface area contributed by atoms with Crippen LogP contribution < -0.4 is 4.74 Å². The Bertz CT molecular complexity index is 381. The third-order valence-electron chi connectivity index (χ3n) is 1.47. The van der Waals surface area contributed by atoms with Crippen molar-refractivity contribution in [1.82, 2.24) is 4.98 Å². The van der Waals surface area contributed by atoms with E-state index in [0.29, 0.717) is 0 Å². The first-order chi connectivity index (χ1) is 6.63. The van der Waals surface area contributed by atoms with Crippen LogP contribution in [0.5, 0.6) is 5.88 Å². The second kappa shape index (κ2) is 4.28. The number of carbonyl (C=O) groups is 1. The van der Waals surface area contributed by atoms with Gasteiger partial charge < -0.3 is 9.84 Å². The molecule has 1 atom stereocenters. The molecule has 72 valence electrons. The Kier molecular flexibility index (Phi) is 3.08. The van der Waals surface area contributed by atoms with Crippen molar-refractivity contribution >= 4 is 5.97 Å². The van der Waals surface area contributed by atoms with Crippen molar-refractivity contribution in [2.45, 2.75) is 13.0 Å². The van der Waals surface area contributed by atoms with Crippen LogP contribution in [0.3, 0.4) is 0 Å². The Hall–Kier alpha value is -2.02. The molecule has 0 amide bonds. The first kappa shape index (κ1) is 10.1. The number of aromatic carboxylic acids is 1. The lowest BCUT2D eigenvalue weighted by Gasteiger charge is -2.07. The topological polar surface area (TPSA) is 59.4 Å². The number of aromatic nitrogens is 1. The predicted octanol–water partition coefficient (Wildman–Crippen LogP) is 1.18. The van der Waals surface area contributed by atoms with E-state index < -0.39 is 12.1 Å². The van der Waals surface area contributed by atoms with Crippen molar-refractivity contribution in [2.75, 3.05) is 0 Å². The molecule has 0 aliphatic heterocycles. The normalized spacial score (nSPS) is 11.4. The maximum absolute atomic E-state index is 10.6. The molecule has 0 radical (unpaired) electrons. The van der Waals surface area contributed by atoms with E-state index in [1.807, 2.05) is 0 Å². The van der Waals surface area contributed by atoms with Crippen molar-refractivity contribution in [3.05, 3.63) is 23.9 Å². The predicted molar refractivity (Wildman–Crippen MR) is 50.1 cm³/mol. The van der Waals surface area contributed by atoms with Gasteiger partial charge in [0.15, 0.2) is 11.8 Å². The highest BCUT2D eigenvalue weighted by Crippen LogP contribution is 2.09. The minimum atomic E-state index is -1.09. The van der Waals surface area contributed by atoms with Gasteiger partial charge in [-0.1, -0.05) is 12.0 Å². The monoisotopic (exact) mass is 191 g/mol. The molecule has 14 heavy (non-hydrogen) atoms. The van der Waals surface area contributed by atoms with Crippen LogP contribution in [0.1, 0.15) is 17.4 Å². The van der Waals surface area contributed by atoms with Crippen LogP contribution in [0.15, 0.2) is 18.2 Å². The van der Waals surface area contributed by atoms with Crippen LogP contribution in [0, 0.1) is 12.3 Å². The fraction of sp³-hybridized carbons (Fsp3) is 0.200. The molecule has 4 nitrogen and oxygen atoms in total. The number of hydrogen-bond acceptors (Lipinski definition) is 3. The third kappa shape index (κ3) is 2.49. The molecule has 4 heteroatoms. The third-order valence-corrected chi connectivity index (χ3v) is 1.47. The molecule has 0 aromatic carbocycles. The van der Waals surface area contributed by atoms with Crippen LogP contribution >= 0.6 is 0 Å². The quantitative estimate of drug-likeness (QED) is 0.729. The summed E-state index contributed by atoms with van der Waals surface area (Å²) >= 11 is 0. The second-order valence-corrected chi connectivity index (χ2v) is 2.59. The summed E-state index contributed by atoms with van der Waals surface area (Å²) in [5, 5.41) is 8.64. The number of carboxylic acids is 1. The molecular formula is C10H9NO3. The van der Waals surface area contributed by atoms with E-state index in [2.05, 4.69) is 10.9 Å². The van der Waals surface area contributed by atoms with E-state index in [-0.39, 0.29) is 11.6 Å². The molecule has 1 N–H and O–H groups in total. The molecule has 0 spiro atoms. The minimum absolute atomic E-state index is 0.0632. The van der Waals surface area contributed by atoms with E-state index in [9.17, 15) is 4.79 Å². The van der Waals surface area contributed by atoms with E-state index in [1.54, 1.807) is 19.1 Å². The van der Waals surface area contributed by atoms with E-state index >= 15 is 0 Å². The fourth-order valence-corrected chi connectivity index (χ4v) is 0.815. The first-order valence-electron chi connectivity index (χ1n) is 3.96. The lowest BCUT2D eigenvalue weighted by molar-refractivity contribution is 0.0689. The van der Waals surface area contributed by atoms with Crippen molar-refractivity contribution in [3.8, 4) is 18.2 Å². The second-order valence-electron chi connectivity index (χ2n) is 2.59. The van der Waals surface area contributed by atoms with Gasteiger partial charge in [0.2, 0.25) is 5.88 Å². The number of pyridine rings is 1. The largest absolute Gasteiger partial charge is 0.477 e. The SMILES string of the molecule is C#CC(C)Oc1cccc(C(=O)O)n1. The van der Waals surface area contributed by atoms with Crippen molar-refractivity contribution < 1.29 is 14.6 Å². The molecule has 0 saturated carbocycles. The summed E-state index contributed by atoms with van der Waals surface area (Å²) in [6, 6.07) is 4.49. The fourth-order valence-electron chi connectivity index (χ4n) is 0.815. The molecule has 0 fully saturated rings. The highest BCUT2D eigenvalue weighted by atomic mass is 16.5. The van der Waals surface area contributed by atoms with Crippen LogP contribution in [0.2, 0.25) is 0 Å². The first-order valence-corrected chi connectivity index (χ1v) is 3.96. The van der Waals surface area contributed by atoms with Crippen LogP contribution in [-0.2, 0) is 0 Å². The average Bonchev–Trinajstić information content (AvgIpc) is 2.18. The van der Waals surface area contributed by atoms with Gasteiger partial charge in [0.05, 0.1) is 0 Å². The van der Waals surface area contributed by atoms with Gasteiger partial charge >= 0.3 is 5.97 Å². The summed E-state index contributed by atoms with van der Waals surface area (Å²) in [6.07, 6.45) is 4.67. The Morgan fingerprint density at radius 2 is 2.43 bits per heavy atom. The van der Waals surface area contributed by atoms with E-state index in [4.69, 9.17) is 16.3 Å². The van der Waals surface area contributed by atoms with Crippen molar-refractivity contribution in [3.63, 3.8) is 0 Å². The molecule has 1 heterocycles. The molecule has 1 aromatic heterocycles. The molecule has 0 bridgehead atoms. The standard InChI is InChI=1S/C10H9NO3/c1-3-7(2)14-9-6-4-5-8(11-9)10(12)13/h1,4-7H,2H3,(H,12,13). The van der Waals surface area contributed by atoms with Gasteiger partial charge in [-0.2, -0.15) is 0 Å². The number of rotatable bonds is 3. The van der Waals surface area contributed by atoms with Gasteiger partial charge in [0.25, 0.3) is 0 Å². The molecule has 0 aliphatic rings. The van der Waals surface area contributed by atoms with Gasteiger partial charge in [0, 0.05) is 6.07 Å². The van der Waals surface area contributed by atoms with E-state index in [1.165, 1.54) is 6.07 Å². The van der Waals surface area contributed by atoms with E-state index in [0.717, 1.165) is 0 Å². The zero-order chi connectivity index (χ0) is 10.6. The zero-order valence-electron chi connectivity index (χ0n) is 7.60. The van der Waals surface area contributed by atoms with Gasteiger partial charge in [-0.25, -0.2) is 9.78 Å². The number of carboxylic acid groups (broad SMARTS) is 1. The lowest BCUT2D eigenvalue weighted by atomic mass is 10.3. The van der Waals surface area contributed by atoms with Crippen LogP contribution in [-0.4, -0.2) is 22.2 Å². The maximum atomic E-state index is 10.6. The van der Waals surface area contributed by atoms with Gasteiger partial charge in [0.1, 0.15) is 0 Å². The summed E-state index contributed by atoms with van der Waals surface area (Å²) in [6.45, 7) is 1.68. The molecular weight excluding hydrogens is 182 g/mol. The number of nitrogens with zero attached hydrogens (tertiary/aromatic N) is 1. The lowest BCUT2D eigenvalue weighted by Crippen LogP contribution is -2.10. The summed E-state index contributed by atoms with van der Waals surface area (Å²) in [4.78, 5) is 14.3. The van der Waals surface area contributed by atoms with Gasteiger partial charge in [-0.3, -0.25) is 0 Å². The van der Waals surface area contributed by atoms with Crippen LogP contribution in [0.25, 0.3) is 0 Å². The van der Waals surface area contributed by atoms with Crippen molar-refractivity contribution in [1.29, 1.82) is 0 Å². The van der Waals surface area contributed by atoms with Crippen LogP contribution in [0.4, 0.5) is 0 Å². The molecule has 0 saturated heterocycles. The highest BCUT2D eigenvalue weighted by molar-refractivity contribution is 5.85. The van der Waals surface area contributed by atoms with Crippen molar-refractivity contribution in [2.24, 2.45) is 0 Å². The Labute approximate surface area is 81.5 Å². The summed E-state index contributed by atoms with van der Waals surface area (Å²) in [5.41, 5.74) is -0.0632. The Morgan fingerprint density at radius 3 is 3.00 bits per heavy atom. The number of ether oxygens (including phenoxy) is 1. The smallest absolute Gasteiger partial charge is 0.354 e. The number of hydrogen-bond donors (Lipinski definition) is 1. The summed E-state index contributed by atoms with van der Waals surface area (Å²) < 4.78 is 5.14. The zero-order valence-corrected chi connectivity index (χ0v) is 7.60. The maximum Gasteiger partial charge on any atom is 0.354 e. The van der Waals surface area contributed by atoms with Gasteiger partial charge in [-0.15, -0.1) is 6.42 Å². The average molecular weight is 191 g/mol. The molecule has 1 rings (SSSR count). The molecule has 0 aliphatic carbocycles. The molecule has 1 aromatic rings. The summed E-state index contributed by atoms with van der Waals surface area (Å²) in [5.74, 6) is 1.48. The summed E-state index contributed by atoms with van der Waals surface area (Å²) in [7, 11) is 0. The number of terminal acetylenes is 1. The Morgan fingerprint density at radius 1 is 1.71 bits per heavy atom.